The van der Waals surface area contributed by atoms with Gasteiger partial charge in [0.25, 0.3) is 0 Å². The third kappa shape index (κ3) is 5.09. The topological polar surface area (TPSA) is 90.5 Å². The minimum atomic E-state index is -0.0286. The minimum Gasteiger partial charge on any atom is -0.462 e. The van der Waals surface area contributed by atoms with E-state index in [0.29, 0.717) is 44.7 Å². The lowest BCUT2D eigenvalue weighted by Gasteiger charge is -2.38. The van der Waals surface area contributed by atoms with Crippen molar-refractivity contribution in [3.63, 3.8) is 0 Å². The van der Waals surface area contributed by atoms with Crippen molar-refractivity contribution in [3.8, 4) is 6.01 Å². The molecule has 38 heavy (non-hydrogen) atoms. The molecule has 1 N–H and O–H groups in total. The monoisotopic (exact) mass is 537 g/mol. The maximum Gasteiger partial charge on any atom is 0.318 e. The first-order valence-corrected chi connectivity index (χ1v) is 13.6. The van der Waals surface area contributed by atoms with E-state index in [2.05, 4.69) is 39.6 Å². The Morgan fingerprint density at radius 1 is 1.26 bits per heavy atom. The molecule has 3 aromatic rings. The zero-order chi connectivity index (χ0) is 27.0. The van der Waals surface area contributed by atoms with Crippen molar-refractivity contribution in [1.82, 2.24) is 30.0 Å². The number of H-pyrrole nitrogens is 1. The molecular formula is C28H36ClN7O2. The Hall–Kier alpha value is -3.17. The zero-order valence-electron chi connectivity index (χ0n) is 22.6. The van der Waals surface area contributed by atoms with Crippen molar-refractivity contribution in [2.75, 3.05) is 58.3 Å². The van der Waals surface area contributed by atoms with E-state index in [1.807, 2.05) is 32.1 Å². The number of carbonyl (C=O) groups is 1. The van der Waals surface area contributed by atoms with Crippen LogP contribution in [0.2, 0.25) is 5.02 Å². The number of nitrogens with zero attached hydrogens (tertiary/aromatic N) is 6. The lowest BCUT2D eigenvalue weighted by Crippen LogP contribution is -2.49. The van der Waals surface area contributed by atoms with Gasteiger partial charge in [0.1, 0.15) is 12.4 Å². The maximum absolute atomic E-state index is 12.1. The van der Waals surface area contributed by atoms with Crippen molar-refractivity contribution in [2.45, 2.75) is 32.6 Å². The molecule has 0 bridgehead atoms. The van der Waals surface area contributed by atoms with E-state index >= 15 is 0 Å². The van der Waals surface area contributed by atoms with Crippen LogP contribution in [0.4, 0.5) is 5.82 Å². The zero-order valence-corrected chi connectivity index (χ0v) is 23.4. The molecule has 1 amide bonds. The highest BCUT2D eigenvalue weighted by atomic mass is 35.5. The van der Waals surface area contributed by atoms with Gasteiger partial charge in [0.2, 0.25) is 5.91 Å². The highest BCUT2D eigenvalue weighted by molar-refractivity contribution is 6.33. The Kier molecular flexibility index (Phi) is 7.59. The molecule has 1 aromatic carbocycles. The van der Waals surface area contributed by atoms with Crippen LogP contribution in [-0.4, -0.2) is 89.3 Å². The average molecular weight is 538 g/mol. The molecule has 1 unspecified atom stereocenters. The molecule has 2 atom stereocenters. The Balaban J connectivity index is 1.51. The van der Waals surface area contributed by atoms with Crippen molar-refractivity contribution in [2.24, 2.45) is 5.92 Å². The molecule has 10 heteroatoms. The van der Waals surface area contributed by atoms with Crippen molar-refractivity contribution < 1.29 is 9.53 Å². The molecule has 5 rings (SSSR count). The summed E-state index contributed by atoms with van der Waals surface area (Å²) in [6, 6.07) is 2.46. The molecule has 0 saturated carbocycles. The van der Waals surface area contributed by atoms with Crippen LogP contribution in [-0.2, 0) is 17.6 Å². The van der Waals surface area contributed by atoms with Crippen LogP contribution in [0.25, 0.3) is 10.9 Å². The van der Waals surface area contributed by atoms with E-state index in [9.17, 15) is 4.79 Å². The fraction of sp³-hybridized carbons (Fsp3) is 0.500. The molecule has 1 saturated heterocycles. The van der Waals surface area contributed by atoms with Gasteiger partial charge in [0.15, 0.2) is 0 Å². The summed E-state index contributed by atoms with van der Waals surface area (Å²) in [7, 11) is 4.03. The highest BCUT2D eigenvalue weighted by Gasteiger charge is 2.35. The van der Waals surface area contributed by atoms with Crippen molar-refractivity contribution in [1.29, 1.82) is 0 Å². The third-order valence-electron chi connectivity index (χ3n) is 7.79. The van der Waals surface area contributed by atoms with Crippen LogP contribution in [0.3, 0.4) is 0 Å². The predicted octanol–water partition coefficient (Wildman–Crippen LogP) is 3.61. The molecule has 2 aromatic heterocycles. The number of carbonyl (C=O) groups excluding carboxylic acids is 1. The molecule has 3 heterocycles. The fourth-order valence-electron chi connectivity index (χ4n) is 5.64. The smallest absolute Gasteiger partial charge is 0.318 e. The van der Waals surface area contributed by atoms with Crippen molar-refractivity contribution >= 4 is 34.2 Å². The van der Waals surface area contributed by atoms with Gasteiger partial charge in [0.05, 0.1) is 17.4 Å². The van der Waals surface area contributed by atoms with E-state index in [1.165, 1.54) is 11.6 Å². The Bertz CT molecular complexity index is 1350. The lowest BCUT2D eigenvalue weighted by atomic mass is 9.74. The SMILES string of the molecule is C=CC(=O)N1CCN(c2nc(OCCN(C)C)nc3c2C[C@@H](C)C(c2c(Cl)c(C)cc4[nH]ncc24)C3)CC1. The number of likely N-dealkylation sites (N-methyl/N-ethyl adjacent to an activating group) is 1. The summed E-state index contributed by atoms with van der Waals surface area (Å²) in [6.07, 6.45) is 4.84. The second-order valence-electron chi connectivity index (χ2n) is 10.7. The highest BCUT2D eigenvalue weighted by Crippen LogP contribution is 2.45. The summed E-state index contributed by atoms with van der Waals surface area (Å²) < 4.78 is 6.05. The quantitative estimate of drug-likeness (QED) is 0.460. The summed E-state index contributed by atoms with van der Waals surface area (Å²) in [5.41, 5.74) is 5.36. The number of aromatic nitrogens is 4. The van der Waals surface area contributed by atoms with Crippen LogP contribution in [0.1, 0.15) is 35.2 Å². The Morgan fingerprint density at radius 3 is 2.74 bits per heavy atom. The number of anilines is 1. The third-order valence-corrected chi connectivity index (χ3v) is 8.29. The van der Waals surface area contributed by atoms with E-state index in [0.717, 1.165) is 58.0 Å². The number of rotatable bonds is 7. The lowest BCUT2D eigenvalue weighted by molar-refractivity contribution is -0.126. The van der Waals surface area contributed by atoms with Gasteiger partial charge in [-0.2, -0.15) is 15.1 Å². The minimum absolute atomic E-state index is 0.0286. The van der Waals surface area contributed by atoms with E-state index < -0.39 is 0 Å². The molecule has 0 spiro atoms. The standard InChI is InChI=1S/C28H36ClN7O2/c1-6-24(37)35-7-9-36(10-8-35)27-20-13-17(2)19(15-22(20)31-28(32-27)38-12-11-34(4)5)25-21-16-30-33-23(21)14-18(3)26(25)29/h6,14,16-17,19H,1,7-13,15H2,2-5H3,(H,30,33)/t17-,19?/m1/s1. The summed E-state index contributed by atoms with van der Waals surface area (Å²) in [5, 5.41) is 9.28. The molecule has 1 aliphatic heterocycles. The van der Waals surface area contributed by atoms with Gasteiger partial charge in [-0.05, 0) is 69.0 Å². The maximum atomic E-state index is 12.1. The number of fused-ring (bicyclic) bond motifs is 2. The molecule has 1 fully saturated rings. The number of ether oxygens (including phenoxy) is 1. The summed E-state index contributed by atoms with van der Waals surface area (Å²) >= 11 is 6.94. The number of amides is 1. The number of piperazine rings is 1. The van der Waals surface area contributed by atoms with Crippen LogP contribution in [0.15, 0.2) is 24.9 Å². The van der Waals surface area contributed by atoms with E-state index in [1.54, 1.807) is 0 Å². The van der Waals surface area contributed by atoms with E-state index in [-0.39, 0.29) is 11.8 Å². The van der Waals surface area contributed by atoms with Gasteiger partial charge in [-0.15, -0.1) is 0 Å². The number of aryl methyl sites for hydroxylation is 1. The summed E-state index contributed by atoms with van der Waals surface area (Å²) in [6.45, 7) is 11.9. The molecule has 2 aliphatic rings. The predicted molar refractivity (Wildman–Crippen MR) is 150 cm³/mol. The van der Waals surface area contributed by atoms with E-state index in [4.69, 9.17) is 26.3 Å². The number of hydrogen-bond donors (Lipinski definition) is 1. The van der Waals surface area contributed by atoms with Crippen LogP contribution >= 0.6 is 11.6 Å². The van der Waals surface area contributed by atoms with Crippen molar-refractivity contribution in [3.05, 3.63) is 52.3 Å². The number of hydrogen-bond acceptors (Lipinski definition) is 7. The summed E-state index contributed by atoms with van der Waals surface area (Å²) in [4.78, 5) is 28.1. The summed E-state index contributed by atoms with van der Waals surface area (Å²) in [5.74, 6) is 1.41. The first-order valence-electron chi connectivity index (χ1n) is 13.2. The molecule has 202 valence electrons. The second-order valence-corrected chi connectivity index (χ2v) is 11.0. The normalized spacial score (nSPS) is 19.6. The van der Waals surface area contributed by atoms with Gasteiger partial charge in [-0.1, -0.05) is 25.1 Å². The fourth-order valence-corrected chi connectivity index (χ4v) is 5.94. The first-order chi connectivity index (χ1) is 18.3. The second kappa shape index (κ2) is 10.9. The Morgan fingerprint density at radius 2 is 2.03 bits per heavy atom. The largest absolute Gasteiger partial charge is 0.462 e. The molecule has 1 aliphatic carbocycles. The number of halogens is 1. The van der Waals surface area contributed by atoms with Crippen LogP contribution in [0.5, 0.6) is 6.01 Å². The van der Waals surface area contributed by atoms with Gasteiger partial charge in [-0.25, -0.2) is 0 Å². The number of benzene rings is 1. The van der Waals surface area contributed by atoms with Gasteiger partial charge < -0.3 is 19.4 Å². The first kappa shape index (κ1) is 26.4. The average Bonchev–Trinajstić information content (AvgIpc) is 3.36. The van der Waals surface area contributed by atoms with Gasteiger partial charge in [-0.3, -0.25) is 9.89 Å². The van der Waals surface area contributed by atoms with Crippen LogP contribution < -0.4 is 9.64 Å². The Labute approximate surface area is 228 Å². The van der Waals surface area contributed by atoms with Crippen LogP contribution in [0, 0.1) is 12.8 Å². The molecule has 0 radical (unpaired) electrons. The number of nitrogens with one attached hydrogen (secondary N) is 1. The molecule has 9 nitrogen and oxygen atoms in total. The van der Waals surface area contributed by atoms with Gasteiger partial charge >= 0.3 is 6.01 Å². The van der Waals surface area contributed by atoms with Gasteiger partial charge in [0, 0.05) is 48.7 Å². The molecular weight excluding hydrogens is 502 g/mol. The number of aromatic amines is 1.